The van der Waals surface area contributed by atoms with Crippen molar-refractivity contribution in [2.75, 3.05) is 11.9 Å². The molecule has 0 atom stereocenters. The van der Waals surface area contributed by atoms with E-state index < -0.39 is 0 Å². The third-order valence-electron chi connectivity index (χ3n) is 1.20. The van der Waals surface area contributed by atoms with Crippen LogP contribution < -0.4 is 4.74 Å². The molecule has 0 aliphatic heterocycles. The van der Waals surface area contributed by atoms with Crippen LogP contribution in [0.3, 0.4) is 0 Å². The van der Waals surface area contributed by atoms with Crippen LogP contribution in [0.1, 0.15) is 0 Å². The highest BCUT2D eigenvalue weighted by Gasteiger charge is 1.95. The van der Waals surface area contributed by atoms with Gasteiger partial charge in [-0.2, -0.15) is 0 Å². The molecule has 1 aromatic rings. The molecule has 11 heavy (non-hydrogen) atoms. The zero-order valence-electron chi connectivity index (χ0n) is 5.96. The van der Waals surface area contributed by atoms with Crippen molar-refractivity contribution in [3.8, 4) is 5.75 Å². The van der Waals surface area contributed by atoms with Crippen LogP contribution in [0.2, 0.25) is 0 Å². The fourth-order valence-corrected chi connectivity index (χ4v) is 1.11. The van der Waals surface area contributed by atoms with Crippen LogP contribution in [0.5, 0.6) is 5.75 Å². The summed E-state index contributed by atoms with van der Waals surface area (Å²) in [5.41, 5.74) is 0. The highest BCUT2D eigenvalue weighted by atomic mass is 79.9. The number of hydrogen-bond acceptors (Lipinski definition) is 2. The molecule has 0 spiro atoms. The van der Waals surface area contributed by atoms with Gasteiger partial charge >= 0.3 is 0 Å². The van der Waals surface area contributed by atoms with E-state index in [1.54, 1.807) is 0 Å². The minimum atomic E-state index is 0.678. The van der Waals surface area contributed by atoms with Crippen molar-refractivity contribution < 1.29 is 4.74 Å². The number of hydrogen-bond donors (Lipinski definition) is 1. The Hall–Kier alpha value is -0.150. The molecular weight excluding hydrogens is 224 g/mol. The van der Waals surface area contributed by atoms with E-state index in [9.17, 15) is 0 Å². The summed E-state index contributed by atoms with van der Waals surface area (Å²) in [6.45, 7) is 0.678. The van der Waals surface area contributed by atoms with E-state index in [0.717, 1.165) is 16.0 Å². The van der Waals surface area contributed by atoms with Crippen molar-refractivity contribution in [2.24, 2.45) is 0 Å². The van der Waals surface area contributed by atoms with Crippen LogP contribution >= 0.6 is 28.6 Å². The zero-order valence-corrected chi connectivity index (χ0v) is 8.44. The fraction of sp³-hybridized carbons (Fsp3) is 0.250. The molecule has 0 saturated heterocycles. The number of thiol groups is 1. The maximum atomic E-state index is 5.36. The second kappa shape index (κ2) is 4.67. The second-order valence-corrected chi connectivity index (χ2v) is 3.28. The first-order valence-electron chi connectivity index (χ1n) is 3.31. The lowest BCUT2D eigenvalue weighted by molar-refractivity contribution is 0.337. The summed E-state index contributed by atoms with van der Waals surface area (Å²) in [5, 5.41) is 0.842. The third-order valence-corrected chi connectivity index (χ3v) is 1.89. The fourth-order valence-electron chi connectivity index (χ4n) is 0.728. The van der Waals surface area contributed by atoms with Crippen molar-refractivity contribution in [3.05, 3.63) is 24.3 Å². The predicted octanol–water partition coefficient (Wildman–Crippen LogP) is 2.75. The van der Waals surface area contributed by atoms with E-state index in [1.807, 2.05) is 24.3 Å². The number of benzene rings is 1. The van der Waals surface area contributed by atoms with Gasteiger partial charge in [-0.1, -0.05) is 28.1 Å². The van der Waals surface area contributed by atoms with Crippen LogP contribution in [-0.4, -0.2) is 11.9 Å². The molecule has 0 amide bonds. The molecule has 1 aromatic carbocycles. The largest absolute Gasteiger partial charge is 0.492 e. The first kappa shape index (κ1) is 8.94. The molecule has 0 aliphatic carbocycles. The molecule has 1 rings (SSSR count). The minimum absolute atomic E-state index is 0.678. The van der Waals surface area contributed by atoms with Gasteiger partial charge in [-0.25, -0.2) is 0 Å². The number of halogens is 1. The Kier molecular flexibility index (Phi) is 3.80. The van der Waals surface area contributed by atoms with Crippen molar-refractivity contribution in [2.45, 2.75) is 4.90 Å². The highest BCUT2D eigenvalue weighted by Crippen LogP contribution is 2.20. The van der Waals surface area contributed by atoms with E-state index in [-0.39, 0.29) is 0 Å². The maximum Gasteiger partial charge on any atom is 0.132 e. The number of para-hydroxylation sites is 1. The molecular formula is C8H9BrOS. The molecule has 0 aliphatic rings. The molecule has 0 saturated carbocycles. The second-order valence-electron chi connectivity index (χ2n) is 2.01. The summed E-state index contributed by atoms with van der Waals surface area (Å²) in [6.07, 6.45) is 0. The van der Waals surface area contributed by atoms with Crippen LogP contribution in [-0.2, 0) is 0 Å². The summed E-state index contributed by atoms with van der Waals surface area (Å²) >= 11 is 7.51. The van der Waals surface area contributed by atoms with Gasteiger partial charge in [-0.05, 0) is 12.1 Å². The lowest BCUT2D eigenvalue weighted by Crippen LogP contribution is -1.97. The molecule has 1 nitrogen and oxygen atoms in total. The van der Waals surface area contributed by atoms with E-state index in [2.05, 4.69) is 28.6 Å². The SMILES string of the molecule is Sc1ccccc1OCCBr. The number of alkyl halides is 1. The maximum absolute atomic E-state index is 5.36. The van der Waals surface area contributed by atoms with Crippen LogP contribution in [0.15, 0.2) is 29.2 Å². The molecule has 3 heteroatoms. The van der Waals surface area contributed by atoms with Crippen LogP contribution in [0.25, 0.3) is 0 Å². The Labute approximate surface area is 80.3 Å². The van der Waals surface area contributed by atoms with Crippen molar-refractivity contribution in [1.82, 2.24) is 0 Å². The molecule has 0 bridgehead atoms. The average molecular weight is 233 g/mol. The van der Waals surface area contributed by atoms with Gasteiger partial charge in [0.1, 0.15) is 5.75 Å². The topological polar surface area (TPSA) is 9.23 Å². The van der Waals surface area contributed by atoms with E-state index in [0.29, 0.717) is 6.61 Å². The van der Waals surface area contributed by atoms with E-state index in [1.165, 1.54) is 0 Å². The van der Waals surface area contributed by atoms with Gasteiger partial charge in [0, 0.05) is 10.2 Å². The van der Waals surface area contributed by atoms with Crippen molar-refractivity contribution in [3.63, 3.8) is 0 Å². The Balaban J connectivity index is 2.62. The van der Waals surface area contributed by atoms with E-state index in [4.69, 9.17) is 4.74 Å². The zero-order chi connectivity index (χ0) is 8.10. The lowest BCUT2D eigenvalue weighted by Gasteiger charge is -2.05. The van der Waals surface area contributed by atoms with Gasteiger partial charge in [-0.3, -0.25) is 0 Å². The Morgan fingerprint density at radius 3 is 2.73 bits per heavy atom. The summed E-state index contributed by atoms with van der Waals surface area (Å²) < 4.78 is 5.36. The quantitative estimate of drug-likeness (QED) is 0.623. The van der Waals surface area contributed by atoms with Crippen LogP contribution in [0, 0.1) is 0 Å². The predicted molar refractivity (Wildman–Crippen MR) is 53.0 cm³/mol. The Morgan fingerprint density at radius 1 is 1.36 bits per heavy atom. The lowest BCUT2D eigenvalue weighted by atomic mass is 10.3. The molecule has 60 valence electrons. The van der Waals surface area contributed by atoms with Gasteiger partial charge in [0.25, 0.3) is 0 Å². The normalized spacial score (nSPS) is 9.64. The molecule has 0 unspecified atom stereocenters. The average Bonchev–Trinajstić information content (AvgIpc) is 2.03. The molecule has 0 aromatic heterocycles. The number of ether oxygens (including phenoxy) is 1. The monoisotopic (exact) mass is 232 g/mol. The first-order valence-corrected chi connectivity index (χ1v) is 4.88. The highest BCUT2D eigenvalue weighted by molar-refractivity contribution is 9.09. The van der Waals surface area contributed by atoms with Gasteiger partial charge < -0.3 is 4.74 Å². The minimum Gasteiger partial charge on any atom is -0.492 e. The smallest absolute Gasteiger partial charge is 0.132 e. The molecule has 0 heterocycles. The number of rotatable bonds is 3. The van der Waals surface area contributed by atoms with Gasteiger partial charge in [0.15, 0.2) is 0 Å². The van der Waals surface area contributed by atoms with E-state index >= 15 is 0 Å². The Morgan fingerprint density at radius 2 is 2.09 bits per heavy atom. The van der Waals surface area contributed by atoms with Crippen molar-refractivity contribution >= 4 is 28.6 Å². The molecule has 0 fully saturated rings. The summed E-state index contributed by atoms with van der Waals surface area (Å²) in [6, 6.07) is 7.68. The third kappa shape index (κ3) is 2.75. The Bertz CT molecular complexity index is 227. The first-order chi connectivity index (χ1) is 5.34. The van der Waals surface area contributed by atoms with Gasteiger partial charge in [0.05, 0.1) is 6.61 Å². The molecule has 0 N–H and O–H groups in total. The van der Waals surface area contributed by atoms with Gasteiger partial charge in [0.2, 0.25) is 0 Å². The van der Waals surface area contributed by atoms with Crippen molar-refractivity contribution in [1.29, 1.82) is 0 Å². The summed E-state index contributed by atoms with van der Waals surface area (Å²) in [5.74, 6) is 0.843. The van der Waals surface area contributed by atoms with Crippen LogP contribution in [0.4, 0.5) is 0 Å². The molecule has 0 radical (unpaired) electrons. The standard InChI is InChI=1S/C8H9BrOS/c9-5-6-10-7-3-1-2-4-8(7)11/h1-4,11H,5-6H2. The van der Waals surface area contributed by atoms with Gasteiger partial charge in [-0.15, -0.1) is 12.6 Å². The summed E-state index contributed by atoms with van der Waals surface area (Å²) in [7, 11) is 0. The summed E-state index contributed by atoms with van der Waals surface area (Å²) in [4.78, 5) is 0.883.